The predicted molar refractivity (Wildman–Crippen MR) is 90.2 cm³/mol. The Morgan fingerprint density at radius 1 is 1.10 bits per heavy atom. The van der Waals surface area contributed by atoms with Crippen molar-refractivity contribution >= 4 is 34.1 Å². The van der Waals surface area contributed by atoms with Gasteiger partial charge in [-0.05, 0) is 42.3 Å². The second-order valence-electron chi connectivity index (χ2n) is 4.51. The van der Waals surface area contributed by atoms with E-state index in [-0.39, 0.29) is 5.91 Å². The number of hydrogen-bond acceptors (Lipinski definition) is 2. The minimum Gasteiger partial charge on any atom is -0.267 e. The van der Waals surface area contributed by atoms with Crippen LogP contribution in [-0.2, 0) is 0 Å². The number of hydrazone groups is 1. The lowest BCUT2D eigenvalue weighted by Gasteiger charge is -2.00. The fraction of sp³-hybridized carbons (Fsp3) is 0.0588. The van der Waals surface area contributed by atoms with Crippen LogP contribution >= 0.6 is 15.9 Å². The molecule has 0 unspecified atom stereocenters. The van der Waals surface area contributed by atoms with Gasteiger partial charge in [-0.25, -0.2) is 5.43 Å². The van der Waals surface area contributed by atoms with E-state index in [0.717, 1.165) is 15.6 Å². The molecular formula is C17H15BrN2O. The highest BCUT2D eigenvalue weighted by Gasteiger charge is 2.02. The molecule has 0 saturated carbocycles. The second kappa shape index (κ2) is 7.55. The van der Waals surface area contributed by atoms with Gasteiger partial charge in [0.25, 0.3) is 5.91 Å². The number of carbonyl (C=O) groups excluding carboxylic acids is 1. The van der Waals surface area contributed by atoms with Gasteiger partial charge in [0.1, 0.15) is 0 Å². The molecular weight excluding hydrogens is 328 g/mol. The quantitative estimate of drug-likeness (QED) is 0.654. The normalized spacial score (nSPS) is 11.6. The van der Waals surface area contributed by atoms with Gasteiger partial charge in [-0.15, -0.1) is 0 Å². The molecule has 1 N–H and O–H groups in total. The number of amides is 1. The fourth-order valence-corrected chi connectivity index (χ4v) is 1.97. The third-order valence-electron chi connectivity index (χ3n) is 2.73. The van der Waals surface area contributed by atoms with Crippen LogP contribution in [0.25, 0.3) is 6.08 Å². The first-order valence-electron chi connectivity index (χ1n) is 6.47. The molecule has 0 saturated heterocycles. The first kappa shape index (κ1) is 15.2. The van der Waals surface area contributed by atoms with E-state index in [4.69, 9.17) is 0 Å². The third kappa shape index (κ3) is 5.00. The predicted octanol–water partition coefficient (Wildman–Crippen LogP) is 4.27. The van der Waals surface area contributed by atoms with Crippen molar-refractivity contribution in [1.82, 2.24) is 5.43 Å². The van der Waals surface area contributed by atoms with Crippen LogP contribution in [0.4, 0.5) is 0 Å². The van der Waals surface area contributed by atoms with Gasteiger partial charge in [0.15, 0.2) is 0 Å². The Labute approximate surface area is 132 Å². The summed E-state index contributed by atoms with van der Waals surface area (Å²) in [7, 11) is 0. The molecule has 0 spiro atoms. The summed E-state index contributed by atoms with van der Waals surface area (Å²) < 4.78 is 0.934. The van der Waals surface area contributed by atoms with E-state index < -0.39 is 0 Å². The van der Waals surface area contributed by atoms with Crippen LogP contribution in [0.2, 0.25) is 0 Å². The van der Waals surface area contributed by atoms with Crippen molar-refractivity contribution in [1.29, 1.82) is 0 Å². The molecule has 1 amide bonds. The first-order valence-corrected chi connectivity index (χ1v) is 7.27. The molecule has 2 aromatic rings. The Morgan fingerprint density at radius 2 is 1.76 bits per heavy atom. The summed E-state index contributed by atoms with van der Waals surface area (Å²) in [5.74, 6) is -0.230. The lowest BCUT2D eigenvalue weighted by atomic mass is 10.1. The number of nitrogens with zero attached hydrogens (tertiary/aromatic N) is 1. The summed E-state index contributed by atoms with van der Waals surface area (Å²) in [5.41, 5.74) is 5.13. The van der Waals surface area contributed by atoms with Gasteiger partial charge in [0.05, 0.1) is 6.21 Å². The number of hydrogen-bond donors (Lipinski definition) is 1. The number of carbonyl (C=O) groups is 1. The van der Waals surface area contributed by atoms with E-state index in [1.54, 1.807) is 18.3 Å². The highest BCUT2D eigenvalue weighted by Crippen LogP contribution is 2.10. The molecule has 3 nitrogen and oxygen atoms in total. The van der Waals surface area contributed by atoms with Crippen molar-refractivity contribution < 1.29 is 4.79 Å². The Bertz CT molecular complexity index is 661. The van der Waals surface area contributed by atoms with Crippen LogP contribution in [0, 0.1) is 0 Å². The van der Waals surface area contributed by atoms with E-state index in [9.17, 15) is 4.79 Å². The summed E-state index contributed by atoms with van der Waals surface area (Å²) in [6.45, 7) is 1.93. The molecule has 0 atom stereocenters. The lowest BCUT2D eigenvalue weighted by Crippen LogP contribution is -2.17. The number of benzene rings is 2. The maximum atomic E-state index is 11.8. The maximum absolute atomic E-state index is 11.8. The van der Waals surface area contributed by atoms with Crippen molar-refractivity contribution in [2.75, 3.05) is 0 Å². The summed E-state index contributed by atoms with van der Waals surface area (Å²) in [6, 6.07) is 17.1. The number of halogens is 1. The standard InChI is InChI=1S/C17H15BrN2O/c1-13(11-14-5-3-2-4-6-14)12-19-20-17(21)15-7-9-16(18)10-8-15/h2-12H,1H3,(H,20,21). The SMILES string of the molecule is CC(C=NNC(=O)c1ccc(Br)cc1)=Cc1ccccc1. The Morgan fingerprint density at radius 3 is 2.43 bits per heavy atom. The molecule has 0 radical (unpaired) electrons. The molecule has 0 bridgehead atoms. The minimum absolute atomic E-state index is 0.230. The highest BCUT2D eigenvalue weighted by molar-refractivity contribution is 9.10. The van der Waals surface area contributed by atoms with Crippen molar-refractivity contribution in [2.45, 2.75) is 6.92 Å². The maximum Gasteiger partial charge on any atom is 0.271 e. The zero-order valence-electron chi connectivity index (χ0n) is 11.6. The zero-order valence-corrected chi connectivity index (χ0v) is 13.2. The third-order valence-corrected chi connectivity index (χ3v) is 3.26. The first-order chi connectivity index (χ1) is 10.1. The molecule has 0 aromatic heterocycles. The van der Waals surface area contributed by atoms with Gasteiger partial charge in [0.2, 0.25) is 0 Å². The molecule has 0 fully saturated rings. The molecule has 4 heteroatoms. The topological polar surface area (TPSA) is 41.5 Å². The van der Waals surface area contributed by atoms with E-state index >= 15 is 0 Å². The van der Waals surface area contributed by atoms with Crippen molar-refractivity contribution in [2.24, 2.45) is 5.10 Å². The molecule has 2 aromatic carbocycles. The van der Waals surface area contributed by atoms with E-state index in [0.29, 0.717) is 5.56 Å². The molecule has 21 heavy (non-hydrogen) atoms. The average Bonchev–Trinajstić information content (AvgIpc) is 2.49. The molecule has 0 aliphatic carbocycles. The van der Waals surface area contributed by atoms with Gasteiger partial charge in [-0.3, -0.25) is 4.79 Å². The monoisotopic (exact) mass is 342 g/mol. The van der Waals surface area contributed by atoms with Gasteiger partial charge >= 0.3 is 0 Å². The average molecular weight is 343 g/mol. The number of nitrogens with one attached hydrogen (secondary N) is 1. The van der Waals surface area contributed by atoms with Gasteiger partial charge < -0.3 is 0 Å². The summed E-state index contributed by atoms with van der Waals surface area (Å²) in [6.07, 6.45) is 3.62. The number of rotatable bonds is 4. The van der Waals surface area contributed by atoms with Crippen LogP contribution in [0.1, 0.15) is 22.8 Å². The van der Waals surface area contributed by atoms with Crippen LogP contribution in [0.5, 0.6) is 0 Å². The molecule has 0 aliphatic rings. The van der Waals surface area contributed by atoms with E-state index in [2.05, 4.69) is 26.5 Å². The van der Waals surface area contributed by atoms with Gasteiger partial charge in [0, 0.05) is 10.0 Å². The summed E-state index contributed by atoms with van der Waals surface area (Å²) in [4.78, 5) is 11.8. The van der Waals surface area contributed by atoms with Crippen molar-refractivity contribution in [3.8, 4) is 0 Å². The van der Waals surface area contributed by atoms with Crippen LogP contribution in [-0.4, -0.2) is 12.1 Å². The van der Waals surface area contributed by atoms with Crippen molar-refractivity contribution in [3.63, 3.8) is 0 Å². The lowest BCUT2D eigenvalue weighted by molar-refractivity contribution is 0.0955. The Kier molecular flexibility index (Phi) is 5.46. The van der Waals surface area contributed by atoms with Gasteiger partial charge in [-0.1, -0.05) is 52.3 Å². The highest BCUT2D eigenvalue weighted by atomic mass is 79.9. The smallest absolute Gasteiger partial charge is 0.267 e. The second-order valence-corrected chi connectivity index (χ2v) is 5.42. The fourth-order valence-electron chi connectivity index (χ4n) is 1.71. The van der Waals surface area contributed by atoms with Crippen molar-refractivity contribution in [3.05, 3.63) is 75.8 Å². The van der Waals surface area contributed by atoms with Crippen LogP contribution < -0.4 is 5.43 Å². The number of allylic oxidation sites excluding steroid dienone is 1. The molecule has 0 aliphatic heterocycles. The van der Waals surface area contributed by atoms with E-state index in [1.165, 1.54) is 0 Å². The molecule has 0 heterocycles. The van der Waals surface area contributed by atoms with E-state index in [1.807, 2.05) is 55.5 Å². The van der Waals surface area contributed by atoms with Gasteiger partial charge in [-0.2, -0.15) is 5.10 Å². The summed E-state index contributed by atoms with van der Waals surface area (Å²) in [5, 5.41) is 3.96. The van der Waals surface area contributed by atoms with Crippen LogP contribution in [0.15, 0.2) is 69.7 Å². The molecule has 106 valence electrons. The zero-order chi connectivity index (χ0) is 15.1. The Hall–Kier alpha value is -2.20. The minimum atomic E-state index is -0.230. The Balaban J connectivity index is 1.94. The van der Waals surface area contributed by atoms with Crippen LogP contribution in [0.3, 0.4) is 0 Å². The molecule has 2 rings (SSSR count). The summed E-state index contributed by atoms with van der Waals surface area (Å²) >= 11 is 3.33. The largest absolute Gasteiger partial charge is 0.271 e.